The molecule has 2 fully saturated rings. The summed E-state index contributed by atoms with van der Waals surface area (Å²) in [6, 6.07) is 17.3. The first-order valence-electron chi connectivity index (χ1n) is 9.62. The van der Waals surface area contributed by atoms with Crippen LogP contribution in [0.25, 0.3) is 0 Å². The van der Waals surface area contributed by atoms with Crippen molar-refractivity contribution in [2.45, 2.75) is 43.6 Å². The van der Waals surface area contributed by atoms with E-state index < -0.39 is 37.0 Å². The van der Waals surface area contributed by atoms with Crippen molar-refractivity contribution in [1.82, 2.24) is 0 Å². The molecule has 0 spiro atoms. The van der Waals surface area contributed by atoms with Gasteiger partial charge in [-0.1, -0.05) is 42.5 Å². The number of fused-ring (bicyclic) bond motifs is 1. The average molecular weight is 402 g/mol. The van der Waals surface area contributed by atoms with Gasteiger partial charge < -0.3 is 33.5 Å². The molecule has 0 aromatic heterocycles. The van der Waals surface area contributed by atoms with Crippen LogP contribution in [-0.4, -0.2) is 56.6 Å². The van der Waals surface area contributed by atoms with Crippen LogP contribution in [0.5, 0.6) is 5.75 Å². The first kappa shape index (κ1) is 20.3. The Labute approximate surface area is 170 Å². The molecule has 7 nitrogen and oxygen atoms in total. The van der Waals surface area contributed by atoms with Gasteiger partial charge in [-0.15, -0.1) is 0 Å². The van der Waals surface area contributed by atoms with Crippen LogP contribution < -0.4 is 4.74 Å². The molecule has 6 atom stereocenters. The Bertz CT molecular complexity index is 766. The summed E-state index contributed by atoms with van der Waals surface area (Å²) < 4.78 is 34.5. The van der Waals surface area contributed by atoms with E-state index in [1.165, 1.54) is 7.11 Å². The molecule has 2 aliphatic heterocycles. The summed E-state index contributed by atoms with van der Waals surface area (Å²) in [6.07, 6.45) is -3.90. The normalized spacial score (nSPS) is 31.8. The van der Waals surface area contributed by atoms with Crippen molar-refractivity contribution >= 4 is 0 Å². The summed E-state index contributed by atoms with van der Waals surface area (Å²) >= 11 is 0. The maximum Gasteiger partial charge on any atom is 0.186 e. The summed E-state index contributed by atoms with van der Waals surface area (Å²) in [5.41, 5.74) is 1.87. The fourth-order valence-corrected chi connectivity index (χ4v) is 3.65. The van der Waals surface area contributed by atoms with Gasteiger partial charge in [-0.25, -0.2) is 0 Å². The number of methoxy groups -OCH3 is 2. The average Bonchev–Trinajstić information content (AvgIpc) is 2.78. The van der Waals surface area contributed by atoms with Gasteiger partial charge in [0, 0.05) is 12.7 Å². The van der Waals surface area contributed by atoms with E-state index in [-0.39, 0.29) is 0 Å². The van der Waals surface area contributed by atoms with Gasteiger partial charge in [0.1, 0.15) is 30.2 Å². The van der Waals surface area contributed by atoms with Crippen molar-refractivity contribution in [2.75, 3.05) is 20.8 Å². The van der Waals surface area contributed by atoms with Gasteiger partial charge in [-0.2, -0.15) is 0 Å². The lowest BCUT2D eigenvalue weighted by Gasteiger charge is -2.47. The van der Waals surface area contributed by atoms with Crippen molar-refractivity contribution in [3.05, 3.63) is 65.7 Å². The first-order chi connectivity index (χ1) is 14.2. The maximum absolute atomic E-state index is 10.8. The number of rotatable bonds is 6. The first-order valence-corrected chi connectivity index (χ1v) is 9.62. The highest BCUT2D eigenvalue weighted by Crippen LogP contribution is 2.36. The third-order valence-corrected chi connectivity index (χ3v) is 5.21. The van der Waals surface area contributed by atoms with Crippen molar-refractivity contribution in [2.24, 2.45) is 0 Å². The molecule has 29 heavy (non-hydrogen) atoms. The zero-order valence-corrected chi connectivity index (χ0v) is 16.5. The van der Waals surface area contributed by atoms with Gasteiger partial charge in [-0.05, 0) is 17.7 Å². The zero-order valence-electron chi connectivity index (χ0n) is 16.5. The van der Waals surface area contributed by atoms with Gasteiger partial charge in [0.2, 0.25) is 0 Å². The molecule has 2 aliphatic rings. The Balaban J connectivity index is 1.50. The van der Waals surface area contributed by atoms with Crippen molar-refractivity contribution < 1.29 is 33.5 Å². The van der Waals surface area contributed by atoms with E-state index in [2.05, 4.69) is 0 Å². The molecule has 0 bridgehead atoms. The molecule has 0 amide bonds. The van der Waals surface area contributed by atoms with Crippen LogP contribution in [0.3, 0.4) is 0 Å². The summed E-state index contributed by atoms with van der Waals surface area (Å²) in [5.74, 6) is 0.755. The number of benzene rings is 2. The van der Waals surface area contributed by atoms with E-state index in [1.807, 2.05) is 54.6 Å². The molecule has 0 unspecified atom stereocenters. The van der Waals surface area contributed by atoms with Crippen molar-refractivity contribution in [3.63, 3.8) is 0 Å². The third kappa shape index (κ3) is 4.45. The van der Waals surface area contributed by atoms with E-state index in [9.17, 15) is 5.11 Å². The molecule has 2 aromatic carbocycles. The smallest absolute Gasteiger partial charge is 0.186 e. The molecule has 0 saturated carbocycles. The third-order valence-electron chi connectivity index (χ3n) is 5.21. The summed E-state index contributed by atoms with van der Waals surface area (Å²) in [4.78, 5) is 0. The Morgan fingerprint density at radius 2 is 1.76 bits per heavy atom. The van der Waals surface area contributed by atoms with Crippen LogP contribution in [0.4, 0.5) is 0 Å². The molecule has 0 aliphatic carbocycles. The Hall–Kier alpha value is -2.00. The van der Waals surface area contributed by atoms with E-state index in [1.54, 1.807) is 7.11 Å². The molecule has 1 N–H and O–H groups in total. The summed E-state index contributed by atoms with van der Waals surface area (Å²) in [5, 5.41) is 10.8. The Kier molecular flexibility index (Phi) is 6.44. The molecular formula is C22H26O7. The van der Waals surface area contributed by atoms with Crippen LogP contribution in [0, 0.1) is 0 Å². The van der Waals surface area contributed by atoms with Crippen LogP contribution in [0.2, 0.25) is 0 Å². The molecule has 2 heterocycles. The molecule has 2 aromatic rings. The molecule has 0 radical (unpaired) electrons. The fourth-order valence-electron chi connectivity index (χ4n) is 3.65. The largest absolute Gasteiger partial charge is 0.497 e. The quantitative estimate of drug-likeness (QED) is 0.795. The predicted molar refractivity (Wildman–Crippen MR) is 103 cm³/mol. The molecule has 2 saturated heterocycles. The number of ether oxygens (including phenoxy) is 6. The molecule has 7 heteroatoms. The standard InChI is InChI=1S/C22H26O7/c1-24-16-10-8-15(9-11-16)21-27-13-17-19(29-21)20(18(23)22(25-2)28-17)26-12-14-6-4-3-5-7-14/h3-11,17-23H,12-13H2,1-2H3/t17-,18+,19-,20-,21-,22-/m1/s1. The lowest BCUT2D eigenvalue weighted by molar-refractivity contribution is -0.363. The fraction of sp³-hybridized carbons (Fsp3) is 0.455. The number of hydrogen-bond acceptors (Lipinski definition) is 7. The SMILES string of the molecule is COc1ccc([C@@H]2OC[C@H]3O[C@@H](OC)[C@@H](O)[C@@H](OCc4ccccc4)[C@@H]3O2)cc1. The molecule has 4 rings (SSSR count). The van der Waals surface area contributed by atoms with Gasteiger partial charge in [0.05, 0.1) is 20.3 Å². The number of aliphatic hydroxyl groups is 1. The van der Waals surface area contributed by atoms with E-state index in [4.69, 9.17) is 28.4 Å². The second-order valence-corrected chi connectivity index (χ2v) is 7.07. The van der Waals surface area contributed by atoms with Crippen LogP contribution in [0.1, 0.15) is 17.4 Å². The monoisotopic (exact) mass is 402 g/mol. The van der Waals surface area contributed by atoms with Crippen LogP contribution in [0.15, 0.2) is 54.6 Å². The van der Waals surface area contributed by atoms with Gasteiger partial charge in [0.25, 0.3) is 0 Å². The lowest BCUT2D eigenvalue weighted by atomic mass is 9.97. The van der Waals surface area contributed by atoms with E-state index in [0.717, 1.165) is 16.9 Å². The predicted octanol–water partition coefficient (Wildman–Crippen LogP) is 2.43. The molecular weight excluding hydrogens is 376 g/mol. The minimum atomic E-state index is -0.987. The van der Waals surface area contributed by atoms with Crippen molar-refractivity contribution in [1.29, 1.82) is 0 Å². The zero-order chi connectivity index (χ0) is 20.2. The number of aliphatic hydroxyl groups excluding tert-OH is 1. The minimum absolute atomic E-state index is 0.305. The van der Waals surface area contributed by atoms with Gasteiger partial charge in [-0.3, -0.25) is 0 Å². The van der Waals surface area contributed by atoms with E-state index >= 15 is 0 Å². The lowest BCUT2D eigenvalue weighted by Crippen LogP contribution is -2.62. The highest BCUT2D eigenvalue weighted by Gasteiger charge is 2.50. The topological polar surface area (TPSA) is 75.6 Å². The summed E-state index contributed by atoms with van der Waals surface area (Å²) in [6.45, 7) is 0.652. The highest BCUT2D eigenvalue weighted by molar-refractivity contribution is 5.28. The minimum Gasteiger partial charge on any atom is -0.497 e. The highest BCUT2D eigenvalue weighted by atomic mass is 16.8. The maximum atomic E-state index is 10.8. The Morgan fingerprint density at radius 1 is 1.00 bits per heavy atom. The van der Waals surface area contributed by atoms with Gasteiger partial charge >= 0.3 is 0 Å². The van der Waals surface area contributed by atoms with E-state index in [0.29, 0.717) is 13.2 Å². The van der Waals surface area contributed by atoms with Crippen molar-refractivity contribution in [3.8, 4) is 5.75 Å². The number of hydrogen-bond donors (Lipinski definition) is 1. The van der Waals surface area contributed by atoms with Gasteiger partial charge in [0.15, 0.2) is 12.6 Å². The van der Waals surface area contributed by atoms with Crippen LogP contribution >= 0.6 is 0 Å². The molecule has 156 valence electrons. The Morgan fingerprint density at radius 3 is 2.45 bits per heavy atom. The summed E-state index contributed by atoms with van der Waals surface area (Å²) in [7, 11) is 3.11. The van der Waals surface area contributed by atoms with Crippen LogP contribution in [-0.2, 0) is 30.3 Å². The second kappa shape index (κ2) is 9.21. The second-order valence-electron chi connectivity index (χ2n) is 7.07.